The van der Waals surface area contributed by atoms with Crippen LogP contribution in [0.5, 0.6) is 0 Å². The fourth-order valence-electron chi connectivity index (χ4n) is 1.92. The van der Waals surface area contributed by atoms with E-state index in [4.69, 9.17) is 0 Å². The van der Waals surface area contributed by atoms with Crippen LogP contribution in [0.2, 0.25) is 0 Å². The van der Waals surface area contributed by atoms with E-state index in [9.17, 15) is 14.9 Å². The van der Waals surface area contributed by atoms with Crippen molar-refractivity contribution in [2.75, 3.05) is 25.0 Å². The third-order valence-corrected chi connectivity index (χ3v) is 2.96. The number of rotatable bonds is 4. The molecule has 1 amide bonds. The molecule has 1 aliphatic heterocycles. The van der Waals surface area contributed by atoms with Crippen molar-refractivity contribution < 1.29 is 9.72 Å². The van der Waals surface area contributed by atoms with E-state index in [-0.39, 0.29) is 24.1 Å². The molecule has 1 fully saturated rings. The number of hydrogen-bond donors (Lipinski definition) is 1. The van der Waals surface area contributed by atoms with Gasteiger partial charge in [0.25, 0.3) is 0 Å². The minimum Gasteiger partial charge on any atom is -0.345 e. The van der Waals surface area contributed by atoms with E-state index >= 15 is 0 Å². The van der Waals surface area contributed by atoms with Gasteiger partial charge < -0.3 is 10.2 Å². The van der Waals surface area contributed by atoms with Crippen LogP contribution in [0.15, 0.2) is 12.4 Å². The summed E-state index contributed by atoms with van der Waals surface area (Å²) in [7, 11) is 0. The van der Waals surface area contributed by atoms with Crippen LogP contribution in [0.4, 0.5) is 11.6 Å². The molecule has 0 aromatic carbocycles. The topological polar surface area (TPSA) is 101 Å². The van der Waals surface area contributed by atoms with E-state index in [0.29, 0.717) is 0 Å². The van der Waals surface area contributed by atoms with Crippen molar-refractivity contribution in [1.29, 1.82) is 0 Å². The maximum Gasteiger partial charge on any atom is 0.305 e. The Bertz CT molecular complexity index is 456. The maximum absolute atomic E-state index is 11.8. The van der Waals surface area contributed by atoms with Crippen LogP contribution in [0, 0.1) is 10.1 Å². The fraction of sp³-hybridized carbons (Fsp3) is 0.545. The SMILES string of the molecule is O=C(CNc1ncc([N+](=O)[O-])cn1)N1CCCCC1. The molecular weight excluding hydrogens is 250 g/mol. The van der Waals surface area contributed by atoms with E-state index in [1.807, 2.05) is 4.90 Å². The number of aromatic nitrogens is 2. The average Bonchev–Trinajstić information content (AvgIpc) is 2.46. The number of carbonyl (C=O) groups is 1. The minimum absolute atomic E-state index is 0.00153. The number of nitro groups is 1. The summed E-state index contributed by atoms with van der Waals surface area (Å²) in [6.45, 7) is 1.70. The van der Waals surface area contributed by atoms with E-state index in [1.165, 1.54) is 6.42 Å². The van der Waals surface area contributed by atoms with Crippen molar-refractivity contribution in [3.05, 3.63) is 22.5 Å². The Hall–Kier alpha value is -2.25. The Kier molecular flexibility index (Phi) is 4.22. The van der Waals surface area contributed by atoms with Gasteiger partial charge in [0.1, 0.15) is 12.4 Å². The third-order valence-electron chi connectivity index (χ3n) is 2.96. The molecule has 1 N–H and O–H groups in total. The summed E-state index contributed by atoms with van der Waals surface area (Å²) >= 11 is 0. The first kappa shape index (κ1) is 13.2. The van der Waals surface area contributed by atoms with Gasteiger partial charge in [0, 0.05) is 13.1 Å². The first-order chi connectivity index (χ1) is 9.16. The van der Waals surface area contributed by atoms with Crippen molar-refractivity contribution in [3.8, 4) is 0 Å². The summed E-state index contributed by atoms with van der Waals surface area (Å²) in [4.78, 5) is 31.1. The van der Waals surface area contributed by atoms with Crippen LogP contribution in [0.25, 0.3) is 0 Å². The summed E-state index contributed by atoms with van der Waals surface area (Å²) in [6, 6.07) is 0. The van der Waals surface area contributed by atoms with Crippen LogP contribution < -0.4 is 5.32 Å². The molecule has 1 saturated heterocycles. The number of hydrogen-bond acceptors (Lipinski definition) is 6. The largest absolute Gasteiger partial charge is 0.345 e. The molecule has 8 nitrogen and oxygen atoms in total. The summed E-state index contributed by atoms with van der Waals surface area (Å²) in [5.41, 5.74) is -0.173. The number of piperidine rings is 1. The Morgan fingerprint density at radius 2 is 1.95 bits per heavy atom. The monoisotopic (exact) mass is 265 g/mol. The lowest BCUT2D eigenvalue weighted by Crippen LogP contribution is -2.39. The highest BCUT2D eigenvalue weighted by atomic mass is 16.6. The van der Waals surface area contributed by atoms with Gasteiger partial charge in [-0.3, -0.25) is 14.9 Å². The Morgan fingerprint density at radius 1 is 1.32 bits per heavy atom. The molecule has 0 spiro atoms. The Balaban J connectivity index is 1.84. The number of nitrogens with one attached hydrogen (secondary N) is 1. The lowest BCUT2D eigenvalue weighted by Gasteiger charge is -2.26. The van der Waals surface area contributed by atoms with E-state index in [0.717, 1.165) is 38.3 Å². The predicted octanol–water partition coefficient (Wildman–Crippen LogP) is 0.809. The van der Waals surface area contributed by atoms with Crippen LogP contribution in [0.3, 0.4) is 0 Å². The normalized spacial score (nSPS) is 15.1. The molecule has 102 valence electrons. The second-order valence-electron chi connectivity index (χ2n) is 4.32. The standard InChI is InChI=1S/C11H15N5O3/c17-10(15-4-2-1-3-5-15)8-14-11-12-6-9(7-13-11)16(18)19/h6-7H,1-5,8H2,(H,12,13,14). The second kappa shape index (κ2) is 6.07. The molecule has 2 rings (SSSR count). The molecule has 0 saturated carbocycles. The molecule has 8 heteroatoms. The summed E-state index contributed by atoms with van der Waals surface area (Å²) in [5.74, 6) is 0.220. The number of anilines is 1. The summed E-state index contributed by atoms with van der Waals surface area (Å²) < 4.78 is 0. The van der Waals surface area contributed by atoms with Crippen molar-refractivity contribution in [2.45, 2.75) is 19.3 Å². The predicted molar refractivity (Wildman–Crippen MR) is 67.6 cm³/mol. The first-order valence-electron chi connectivity index (χ1n) is 6.15. The molecule has 0 unspecified atom stereocenters. The molecule has 1 aromatic rings. The molecule has 0 radical (unpaired) electrons. The fourth-order valence-corrected chi connectivity index (χ4v) is 1.92. The maximum atomic E-state index is 11.8. The van der Waals surface area contributed by atoms with Crippen LogP contribution >= 0.6 is 0 Å². The van der Waals surface area contributed by atoms with Gasteiger partial charge in [0.2, 0.25) is 11.9 Å². The summed E-state index contributed by atoms with van der Waals surface area (Å²) in [5, 5.41) is 13.2. The van der Waals surface area contributed by atoms with Crippen molar-refractivity contribution in [3.63, 3.8) is 0 Å². The highest BCUT2D eigenvalue weighted by molar-refractivity contribution is 5.80. The molecule has 1 aliphatic rings. The molecule has 0 aliphatic carbocycles. The molecule has 0 atom stereocenters. The second-order valence-corrected chi connectivity index (χ2v) is 4.32. The minimum atomic E-state index is -0.567. The number of amides is 1. The van der Waals surface area contributed by atoms with Crippen LogP contribution in [0.1, 0.15) is 19.3 Å². The average molecular weight is 265 g/mol. The number of nitrogens with zero attached hydrogens (tertiary/aromatic N) is 4. The van der Waals surface area contributed by atoms with Crippen LogP contribution in [-0.4, -0.2) is 45.3 Å². The highest BCUT2D eigenvalue weighted by Gasteiger charge is 2.16. The van der Waals surface area contributed by atoms with Crippen LogP contribution in [-0.2, 0) is 4.79 Å². The number of carbonyl (C=O) groups excluding carboxylic acids is 1. The lowest BCUT2D eigenvalue weighted by molar-refractivity contribution is -0.385. The molecule has 2 heterocycles. The van der Waals surface area contributed by atoms with Crippen molar-refractivity contribution in [1.82, 2.24) is 14.9 Å². The Morgan fingerprint density at radius 3 is 2.53 bits per heavy atom. The summed E-state index contributed by atoms with van der Waals surface area (Å²) in [6.07, 6.45) is 5.48. The number of likely N-dealkylation sites (tertiary alicyclic amines) is 1. The quantitative estimate of drug-likeness (QED) is 0.638. The smallest absolute Gasteiger partial charge is 0.305 e. The Labute approximate surface area is 110 Å². The van der Waals surface area contributed by atoms with Gasteiger partial charge in [0.05, 0.1) is 11.5 Å². The molecule has 1 aromatic heterocycles. The first-order valence-corrected chi connectivity index (χ1v) is 6.15. The molecule has 19 heavy (non-hydrogen) atoms. The van der Waals surface area contributed by atoms with Crippen molar-refractivity contribution >= 4 is 17.5 Å². The van der Waals surface area contributed by atoms with E-state index in [2.05, 4.69) is 15.3 Å². The van der Waals surface area contributed by atoms with Crippen molar-refractivity contribution in [2.24, 2.45) is 0 Å². The van der Waals surface area contributed by atoms with Gasteiger partial charge in [-0.05, 0) is 19.3 Å². The molecular formula is C11H15N5O3. The zero-order valence-electron chi connectivity index (χ0n) is 10.4. The van der Waals surface area contributed by atoms with Gasteiger partial charge in [-0.2, -0.15) is 0 Å². The van der Waals surface area contributed by atoms with Gasteiger partial charge in [-0.1, -0.05) is 0 Å². The van der Waals surface area contributed by atoms with Gasteiger partial charge >= 0.3 is 5.69 Å². The lowest BCUT2D eigenvalue weighted by atomic mass is 10.1. The van der Waals surface area contributed by atoms with E-state index < -0.39 is 4.92 Å². The van der Waals surface area contributed by atoms with E-state index in [1.54, 1.807) is 0 Å². The highest BCUT2D eigenvalue weighted by Crippen LogP contribution is 2.10. The molecule has 0 bridgehead atoms. The third kappa shape index (κ3) is 3.60. The van der Waals surface area contributed by atoms with Gasteiger partial charge in [-0.25, -0.2) is 9.97 Å². The van der Waals surface area contributed by atoms with Gasteiger partial charge in [-0.15, -0.1) is 0 Å². The van der Waals surface area contributed by atoms with Gasteiger partial charge in [0.15, 0.2) is 0 Å². The zero-order chi connectivity index (χ0) is 13.7. The zero-order valence-corrected chi connectivity index (χ0v) is 10.4.